The monoisotopic (exact) mass is 198 g/mol. The van der Waals surface area contributed by atoms with Crippen LogP contribution in [0, 0.1) is 0 Å². The molecule has 15 heavy (non-hydrogen) atoms. The fraction of sp³-hybridized carbons (Fsp3) is 0.154. The molecule has 0 radical (unpaired) electrons. The molecule has 1 N–H and O–H groups in total. The smallest absolute Gasteiger partial charge is 0.0939 e. The fourth-order valence-electron chi connectivity index (χ4n) is 1.75. The van der Waals surface area contributed by atoms with E-state index in [-0.39, 0.29) is 0 Å². The van der Waals surface area contributed by atoms with Crippen LogP contribution in [0.15, 0.2) is 37.0 Å². The summed E-state index contributed by atoms with van der Waals surface area (Å²) in [6, 6.07) is 8.14. The molecule has 2 rings (SSSR count). The molecule has 0 saturated carbocycles. The molecule has 2 aromatic rings. The van der Waals surface area contributed by atoms with Gasteiger partial charge in [-0.15, -0.1) is 0 Å². The molecule has 0 aliphatic heterocycles. The van der Waals surface area contributed by atoms with Crippen LogP contribution in [0.2, 0.25) is 0 Å². The average molecular weight is 198 g/mol. The third-order valence-electron chi connectivity index (χ3n) is 2.50. The number of hydrogen-bond donors (Lipinski definition) is 1. The number of anilines is 1. The van der Waals surface area contributed by atoms with Gasteiger partial charge in [0.05, 0.1) is 11.2 Å². The maximum absolute atomic E-state index is 4.39. The molecule has 2 nitrogen and oxygen atoms in total. The second kappa shape index (κ2) is 3.73. The first-order valence-corrected chi connectivity index (χ1v) is 4.95. The minimum Gasteiger partial charge on any atom is -0.386 e. The number of rotatable bonds is 2. The number of hydrogen-bond acceptors (Lipinski definition) is 2. The molecule has 0 spiro atoms. The lowest BCUT2D eigenvalue weighted by Crippen LogP contribution is -1.93. The number of nitrogens with one attached hydrogen (secondary N) is 1. The Labute approximate surface area is 89.7 Å². The Balaban J connectivity index is 2.82. The molecule has 0 amide bonds. The van der Waals surface area contributed by atoms with Gasteiger partial charge in [-0.25, -0.2) is 0 Å². The van der Waals surface area contributed by atoms with Crippen LogP contribution in [0.1, 0.15) is 12.5 Å². The molecule has 76 valence electrons. The summed E-state index contributed by atoms with van der Waals surface area (Å²) in [6.07, 6.45) is 1.83. The molecule has 0 atom stereocenters. The number of allylic oxidation sites excluding steroid dienone is 1. The van der Waals surface area contributed by atoms with Crippen molar-refractivity contribution >= 4 is 22.2 Å². The number of pyridine rings is 1. The van der Waals surface area contributed by atoms with Gasteiger partial charge in [0.25, 0.3) is 0 Å². The first kappa shape index (κ1) is 9.71. The van der Waals surface area contributed by atoms with Gasteiger partial charge in [-0.3, -0.25) is 4.98 Å². The zero-order valence-electron chi connectivity index (χ0n) is 9.04. The number of aromatic nitrogens is 1. The van der Waals surface area contributed by atoms with E-state index >= 15 is 0 Å². The number of para-hydroxylation sites is 1. The average Bonchev–Trinajstić information content (AvgIpc) is 2.27. The van der Waals surface area contributed by atoms with Gasteiger partial charge in [-0.1, -0.05) is 24.3 Å². The van der Waals surface area contributed by atoms with Crippen molar-refractivity contribution in [3.63, 3.8) is 0 Å². The highest BCUT2D eigenvalue weighted by Gasteiger charge is 2.04. The third kappa shape index (κ3) is 1.59. The lowest BCUT2D eigenvalue weighted by molar-refractivity contribution is 1.38. The van der Waals surface area contributed by atoms with Crippen molar-refractivity contribution in [3.05, 3.63) is 42.6 Å². The SMILES string of the molecule is C=C(C)c1ccnc2c(NC)cccc12. The zero-order chi connectivity index (χ0) is 10.8. The summed E-state index contributed by atoms with van der Waals surface area (Å²) >= 11 is 0. The molecular formula is C13H14N2. The van der Waals surface area contributed by atoms with Crippen LogP contribution in [0.4, 0.5) is 5.69 Å². The summed E-state index contributed by atoms with van der Waals surface area (Å²) in [5, 5.41) is 4.29. The molecule has 0 aliphatic rings. The highest BCUT2D eigenvalue weighted by molar-refractivity contribution is 5.97. The zero-order valence-corrected chi connectivity index (χ0v) is 9.04. The van der Waals surface area contributed by atoms with E-state index in [0.29, 0.717) is 0 Å². The Morgan fingerprint density at radius 1 is 1.33 bits per heavy atom. The molecule has 2 heteroatoms. The van der Waals surface area contributed by atoms with Gasteiger partial charge in [0.2, 0.25) is 0 Å². The van der Waals surface area contributed by atoms with Crippen molar-refractivity contribution in [2.24, 2.45) is 0 Å². The lowest BCUT2D eigenvalue weighted by Gasteiger charge is -2.08. The van der Waals surface area contributed by atoms with Crippen LogP contribution in [0.25, 0.3) is 16.5 Å². The van der Waals surface area contributed by atoms with Crippen LogP contribution in [-0.2, 0) is 0 Å². The minimum atomic E-state index is 1.00. The molecular weight excluding hydrogens is 184 g/mol. The largest absolute Gasteiger partial charge is 0.386 e. The highest BCUT2D eigenvalue weighted by atomic mass is 14.8. The lowest BCUT2D eigenvalue weighted by atomic mass is 10.0. The maximum atomic E-state index is 4.39. The summed E-state index contributed by atoms with van der Waals surface area (Å²) < 4.78 is 0. The molecule has 0 fully saturated rings. The Kier molecular flexibility index (Phi) is 2.42. The number of nitrogens with zero attached hydrogens (tertiary/aromatic N) is 1. The van der Waals surface area contributed by atoms with E-state index in [1.165, 1.54) is 0 Å². The van der Waals surface area contributed by atoms with E-state index in [0.717, 1.165) is 27.7 Å². The van der Waals surface area contributed by atoms with Crippen molar-refractivity contribution < 1.29 is 0 Å². The molecule has 0 aliphatic carbocycles. The maximum Gasteiger partial charge on any atom is 0.0939 e. The number of fused-ring (bicyclic) bond motifs is 1. The Morgan fingerprint density at radius 3 is 2.80 bits per heavy atom. The summed E-state index contributed by atoms with van der Waals surface area (Å²) in [5.41, 5.74) is 4.28. The van der Waals surface area contributed by atoms with E-state index in [4.69, 9.17) is 0 Å². The van der Waals surface area contributed by atoms with E-state index in [2.05, 4.69) is 22.9 Å². The number of benzene rings is 1. The van der Waals surface area contributed by atoms with Gasteiger partial charge in [0.1, 0.15) is 0 Å². The van der Waals surface area contributed by atoms with Crippen molar-refractivity contribution in [2.45, 2.75) is 6.92 Å². The van der Waals surface area contributed by atoms with Crippen LogP contribution >= 0.6 is 0 Å². The summed E-state index contributed by atoms with van der Waals surface area (Å²) in [7, 11) is 1.91. The van der Waals surface area contributed by atoms with Gasteiger partial charge in [0, 0.05) is 18.6 Å². The molecule has 0 bridgehead atoms. The van der Waals surface area contributed by atoms with E-state index in [9.17, 15) is 0 Å². The van der Waals surface area contributed by atoms with Crippen molar-refractivity contribution in [3.8, 4) is 0 Å². The Bertz CT molecular complexity index is 515. The fourth-order valence-corrected chi connectivity index (χ4v) is 1.75. The molecule has 1 heterocycles. The van der Waals surface area contributed by atoms with E-state index in [1.54, 1.807) is 0 Å². The van der Waals surface area contributed by atoms with E-state index in [1.807, 2.05) is 38.4 Å². The quantitative estimate of drug-likeness (QED) is 0.800. The predicted molar refractivity (Wildman–Crippen MR) is 66.0 cm³/mol. The first-order valence-electron chi connectivity index (χ1n) is 4.95. The van der Waals surface area contributed by atoms with Crippen molar-refractivity contribution in [2.75, 3.05) is 12.4 Å². The van der Waals surface area contributed by atoms with E-state index < -0.39 is 0 Å². The third-order valence-corrected chi connectivity index (χ3v) is 2.50. The normalized spacial score (nSPS) is 10.3. The van der Waals surface area contributed by atoms with Crippen molar-refractivity contribution in [1.82, 2.24) is 4.98 Å². The van der Waals surface area contributed by atoms with Gasteiger partial charge in [-0.2, -0.15) is 0 Å². The predicted octanol–water partition coefficient (Wildman–Crippen LogP) is 3.31. The Morgan fingerprint density at radius 2 is 2.13 bits per heavy atom. The summed E-state index contributed by atoms with van der Waals surface area (Å²) in [5.74, 6) is 0. The molecule has 1 aromatic carbocycles. The van der Waals surface area contributed by atoms with Gasteiger partial charge < -0.3 is 5.32 Å². The van der Waals surface area contributed by atoms with Gasteiger partial charge in [0.15, 0.2) is 0 Å². The molecule has 1 aromatic heterocycles. The topological polar surface area (TPSA) is 24.9 Å². The summed E-state index contributed by atoms with van der Waals surface area (Å²) in [6.45, 7) is 6.00. The van der Waals surface area contributed by atoms with Crippen molar-refractivity contribution in [1.29, 1.82) is 0 Å². The first-order chi connectivity index (χ1) is 7.24. The van der Waals surface area contributed by atoms with Crippen LogP contribution in [0.3, 0.4) is 0 Å². The standard InChI is InChI=1S/C13H14N2/c1-9(2)10-7-8-15-13-11(10)5-4-6-12(13)14-3/h4-8,14H,1H2,2-3H3. The molecule has 0 unspecified atom stereocenters. The second-order valence-electron chi connectivity index (χ2n) is 3.59. The Hall–Kier alpha value is -1.83. The minimum absolute atomic E-state index is 1.00. The second-order valence-corrected chi connectivity index (χ2v) is 3.59. The van der Waals surface area contributed by atoms with Gasteiger partial charge >= 0.3 is 0 Å². The van der Waals surface area contributed by atoms with Crippen LogP contribution in [-0.4, -0.2) is 12.0 Å². The summed E-state index contributed by atoms with van der Waals surface area (Å²) in [4.78, 5) is 4.39. The highest BCUT2D eigenvalue weighted by Crippen LogP contribution is 2.26. The van der Waals surface area contributed by atoms with Gasteiger partial charge in [-0.05, 0) is 24.6 Å². The van der Waals surface area contributed by atoms with Crippen LogP contribution < -0.4 is 5.32 Å². The molecule has 0 saturated heterocycles. The van der Waals surface area contributed by atoms with Crippen LogP contribution in [0.5, 0.6) is 0 Å².